The lowest BCUT2D eigenvalue weighted by Crippen LogP contribution is -2.50. The van der Waals surface area contributed by atoms with E-state index in [1.165, 1.54) is 51.4 Å². The highest BCUT2D eigenvalue weighted by molar-refractivity contribution is 5.25. The van der Waals surface area contributed by atoms with Gasteiger partial charge in [0.05, 0.1) is 6.10 Å². The molecule has 0 aromatic heterocycles. The van der Waals surface area contributed by atoms with Gasteiger partial charge in [0.2, 0.25) is 0 Å². The second kappa shape index (κ2) is 8.42. The summed E-state index contributed by atoms with van der Waals surface area (Å²) in [5.74, 6) is 5.15. The Balaban J connectivity index is 1.49. The highest BCUT2D eigenvalue weighted by Gasteiger charge is 2.59. The van der Waals surface area contributed by atoms with Crippen LogP contribution in [-0.4, -0.2) is 11.2 Å². The maximum Gasteiger partial charge on any atom is 0.0577 e. The molecule has 1 N–H and O–H groups in total. The molecule has 0 amide bonds. The van der Waals surface area contributed by atoms with E-state index in [0.717, 1.165) is 42.4 Å². The van der Waals surface area contributed by atoms with Crippen LogP contribution < -0.4 is 0 Å². The average molecular weight is 413 g/mol. The predicted octanol–water partition coefficient (Wildman–Crippen LogP) is 7.94. The number of allylic oxidation sites excluding steroid dienone is 3. The first-order chi connectivity index (χ1) is 14.2. The van der Waals surface area contributed by atoms with Gasteiger partial charge in [0.15, 0.2) is 0 Å². The Morgan fingerprint density at radius 2 is 1.87 bits per heavy atom. The Hall–Kier alpha value is -0.560. The number of hydrogen-bond acceptors (Lipinski definition) is 1. The summed E-state index contributed by atoms with van der Waals surface area (Å²) in [5, 5.41) is 10.2. The molecule has 0 radical (unpaired) electrons. The molecule has 0 unspecified atom stereocenters. The van der Waals surface area contributed by atoms with Crippen LogP contribution in [-0.2, 0) is 0 Å². The number of aliphatic hydroxyl groups excluding tert-OH is 1. The molecule has 3 saturated carbocycles. The van der Waals surface area contributed by atoms with E-state index in [1.807, 2.05) is 0 Å². The first-order valence-electron chi connectivity index (χ1n) is 13.2. The molecule has 4 aliphatic rings. The van der Waals surface area contributed by atoms with Crippen molar-refractivity contribution in [2.24, 2.45) is 46.3 Å². The van der Waals surface area contributed by atoms with Crippen LogP contribution in [0, 0.1) is 46.3 Å². The molecule has 4 rings (SSSR count). The number of hydrogen-bond donors (Lipinski definition) is 1. The zero-order chi connectivity index (χ0) is 21.7. The summed E-state index contributed by atoms with van der Waals surface area (Å²) in [4.78, 5) is 0. The molecule has 1 heteroatoms. The van der Waals surface area contributed by atoms with E-state index in [-0.39, 0.29) is 6.10 Å². The fourth-order valence-electron chi connectivity index (χ4n) is 8.98. The van der Waals surface area contributed by atoms with E-state index in [2.05, 4.69) is 53.7 Å². The highest BCUT2D eigenvalue weighted by atomic mass is 16.3. The van der Waals surface area contributed by atoms with Gasteiger partial charge in [0.25, 0.3) is 0 Å². The fraction of sp³-hybridized carbons (Fsp3) is 0.862. The molecule has 4 aliphatic carbocycles. The topological polar surface area (TPSA) is 20.2 Å². The summed E-state index contributed by atoms with van der Waals surface area (Å²) < 4.78 is 0. The molecule has 170 valence electrons. The van der Waals surface area contributed by atoms with Gasteiger partial charge in [-0.2, -0.15) is 0 Å². The van der Waals surface area contributed by atoms with Gasteiger partial charge in [-0.3, -0.25) is 0 Å². The van der Waals surface area contributed by atoms with Crippen LogP contribution >= 0.6 is 0 Å². The summed E-state index contributed by atoms with van der Waals surface area (Å²) in [6, 6.07) is 0. The molecule has 0 bridgehead atoms. The van der Waals surface area contributed by atoms with Crippen molar-refractivity contribution in [3.63, 3.8) is 0 Å². The summed E-state index contributed by atoms with van der Waals surface area (Å²) >= 11 is 0. The molecular weight excluding hydrogens is 364 g/mol. The standard InChI is InChI=1S/C29H48O/c1-7-21(19(2)3)9-8-20(4)25-12-13-26-24-11-10-22-18-23(30)14-16-28(22,5)27(24)15-17-29(25,26)6/h7,10,19-20,23-27,30H,8-9,11-18H2,1-6H3/b21-7+/t20-,23+,24+,25+,26+,27-,28+,29+/m1/s1. The largest absolute Gasteiger partial charge is 0.393 e. The zero-order valence-electron chi connectivity index (χ0n) is 20.7. The summed E-state index contributed by atoms with van der Waals surface area (Å²) in [6.45, 7) is 14.7. The van der Waals surface area contributed by atoms with Gasteiger partial charge < -0.3 is 5.11 Å². The smallest absolute Gasteiger partial charge is 0.0577 e. The molecule has 0 heterocycles. The normalized spacial score (nSPS) is 44.9. The fourth-order valence-corrected chi connectivity index (χ4v) is 8.98. The van der Waals surface area contributed by atoms with E-state index >= 15 is 0 Å². The molecule has 8 atom stereocenters. The van der Waals surface area contributed by atoms with Gasteiger partial charge >= 0.3 is 0 Å². The molecule has 3 fully saturated rings. The third-order valence-electron chi connectivity index (χ3n) is 10.8. The predicted molar refractivity (Wildman–Crippen MR) is 128 cm³/mol. The van der Waals surface area contributed by atoms with Crippen molar-refractivity contribution in [1.29, 1.82) is 0 Å². The maximum absolute atomic E-state index is 10.2. The van der Waals surface area contributed by atoms with E-state index in [0.29, 0.717) is 16.7 Å². The van der Waals surface area contributed by atoms with Crippen LogP contribution in [0.1, 0.15) is 106 Å². The minimum atomic E-state index is -0.0839. The van der Waals surface area contributed by atoms with Crippen molar-refractivity contribution in [2.45, 2.75) is 112 Å². The van der Waals surface area contributed by atoms with Gasteiger partial charge in [0.1, 0.15) is 0 Å². The number of aliphatic hydroxyl groups is 1. The Labute approximate surface area is 186 Å². The van der Waals surface area contributed by atoms with Gasteiger partial charge in [-0.25, -0.2) is 0 Å². The summed E-state index contributed by atoms with van der Waals surface area (Å²) in [5.41, 5.74) is 4.21. The molecule has 30 heavy (non-hydrogen) atoms. The van der Waals surface area contributed by atoms with Crippen LogP contribution in [0.15, 0.2) is 23.3 Å². The van der Waals surface area contributed by atoms with E-state index < -0.39 is 0 Å². The molecular formula is C29H48O. The van der Waals surface area contributed by atoms with Crippen LogP contribution in [0.2, 0.25) is 0 Å². The van der Waals surface area contributed by atoms with Crippen molar-refractivity contribution >= 4 is 0 Å². The van der Waals surface area contributed by atoms with Crippen LogP contribution in [0.3, 0.4) is 0 Å². The summed E-state index contributed by atoms with van der Waals surface area (Å²) in [7, 11) is 0. The quantitative estimate of drug-likeness (QED) is 0.454. The van der Waals surface area contributed by atoms with Crippen molar-refractivity contribution in [1.82, 2.24) is 0 Å². The van der Waals surface area contributed by atoms with Crippen LogP contribution in [0.5, 0.6) is 0 Å². The van der Waals surface area contributed by atoms with Gasteiger partial charge in [-0.15, -0.1) is 0 Å². The van der Waals surface area contributed by atoms with Crippen LogP contribution in [0.25, 0.3) is 0 Å². The lowest BCUT2D eigenvalue weighted by atomic mass is 9.47. The van der Waals surface area contributed by atoms with Crippen molar-refractivity contribution in [2.75, 3.05) is 0 Å². The molecule has 1 nitrogen and oxygen atoms in total. The maximum atomic E-state index is 10.2. The lowest BCUT2D eigenvalue weighted by Gasteiger charge is -2.58. The third kappa shape index (κ3) is 3.66. The second-order valence-electron chi connectivity index (χ2n) is 12.4. The minimum Gasteiger partial charge on any atom is -0.393 e. The monoisotopic (exact) mass is 412 g/mol. The minimum absolute atomic E-state index is 0.0839. The number of fused-ring (bicyclic) bond motifs is 5. The van der Waals surface area contributed by atoms with Crippen molar-refractivity contribution in [3.05, 3.63) is 23.3 Å². The summed E-state index contributed by atoms with van der Waals surface area (Å²) in [6.07, 6.45) is 17.8. The molecule has 0 aliphatic heterocycles. The zero-order valence-corrected chi connectivity index (χ0v) is 20.7. The van der Waals surface area contributed by atoms with Crippen molar-refractivity contribution < 1.29 is 5.11 Å². The van der Waals surface area contributed by atoms with E-state index in [4.69, 9.17) is 0 Å². The Bertz CT molecular complexity index is 686. The Morgan fingerprint density at radius 3 is 2.57 bits per heavy atom. The first kappa shape index (κ1) is 22.6. The average Bonchev–Trinajstić information content (AvgIpc) is 3.06. The lowest BCUT2D eigenvalue weighted by molar-refractivity contribution is -0.0571. The Morgan fingerprint density at radius 1 is 1.10 bits per heavy atom. The molecule has 0 saturated heterocycles. The van der Waals surface area contributed by atoms with Gasteiger partial charge in [-0.1, -0.05) is 57.9 Å². The molecule has 0 aromatic carbocycles. The number of rotatable bonds is 5. The van der Waals surface area contributed by atoms with Gasteiger partial charge in [-0.05, 0) is 117 Å². The molecule has 0 aromatic rings. The van der Waals surface area contributed by atoms with E-state index in [9.17, 15) is 5.11 Å². The first-order valence-corrected chi connectivity index (χ1v) is 13.2. The van der Waals surface area contributed by atoms with Crippen molar-refractivity contribution in [3.8, 4) is 0 Å². The molecule has 0 spiro atoms. The van der Waals surface area contributed by atoms with Gasteiger partial charge in [0, 0.05) is 0 Å². The second-order valence-corrected chi connectivity index (χ2v) is 12.4. The highest BCUT2D eigenvalue weighted by Crippen LogP contribution is 2.67. The van der Waals surface area contributed by atoms with E-state index in [1.54, 1.807) is 11.1 Å². The Kier molecular flexibility index (Phi) is 6.35. The SMILES string of the molecule is C/C=C(\CC[C@@H](C)[C@@H]1CC[C@H]2[C@@H]3CC=C4C[C@@H](O)CC[C@]4(C)[C@@H]3CC[C@]21C)C(C)C. The van der Waals surface area contributed by atoms with Crippen LogP contribution in [0.4, 0.5) is 0 Å². The third-order valence-corrected chi connectivity index (χ3v) is 10.8.